The Morgan fingerprint density at radius 3 is 2.29 bits per heavy atom. The lowest BCUT2D eigenvalue weighted by atomic mass is 9.85. The zero-order valence-electron chi connectivity index (χ0n) is 15.1. The van der Waals surface area contributed by atoms with Crippen LogP contribution in [0.5, 0.6) is 0 Å². The maximum absolute atomic E-state index is 12.9. The van der Waals surface area contributed by atoms with E-state index in [0.717, 1.165) is 11.3 Å². The fourth-order valence-corrected chi connectivity index (χ4v) is 4.40. The van der Waals surface area contributed by atoms with E-state index in [1.54, 1.807) is 0 Å². The summed E-state index contributed by atoms with van der Waals surface area (Å²) in [5, 5.41) is 2.46. The van der Waals surface area contributed by atoms with Gasteiger partial charge in [-0.1, -0.05) is 12.2 Å². The van der Waals surface area contributed by atoms with Crippen LogP contribution in [0.3, 0.4) is 0 Å². The number of imide groups is 1. The molecule has 0 radical (unpaired) electrons. The number of nitrogens with one attached hydrogen (secondary N) is 1. The molecule has 3 aliphatic rings. The summed E-state index contributed by atoms with van der Waals surface area (Å²) in [6.45, 7) is 0.850. The molecule has 2 fully saturated rings. The fourth-order valence-electron chi connectivity index (χ4n) is 4.40. The van der Waals surface area contributed by atoms with Crippen molar-refractivity contribution in [2.75, 3.05) is 11.9 Å². The lowest BCUT2D eigenvalue weighted by Crippen LogP contribution is -2.45. The molecule has 1 aromatic carbocycles. The molecule has 7 nitrogen and oxygen atoms in total. The predicted molar refractivity (Wildman–Crippen MR) is 95.0 cm³/mol. The topological polar surface area (TPSA) is 92.8 Å². The van der Waals surface area contributed by atoms with Crippen molar-refractivity contribution in [2.24, 2.45) is 23.7 Å². The first-order chi connectivity index (χ1) is 13.4. The van der Waals surface area contributed by atoms with E-state index in [9.17, 15) is 23.6 Å². The number of amides is 3. The van der Waals surface area contributed by atoms with Crippen molar-refractivity contribution in [3.8, 4) is 0 Å². The van der Waals surface area contributed by atoms with Crippen molar-refractivity contribution in [3.63, 3.8) is 0 Å². The van der Waals surface area contributed by atoms with Gasteiger partial charge in [-0.15, -0.1) is 0 Å². The molecule has 1 N–H and O–H groups in total. The normalized spacial score (nSPS) is 28.4. The number of nitrogens with zero attached hydrogens (tertiary/aromatic N) is 1. The number of rotatable bonds is 5. The molecule has 1 aliphatic heterocycles. The first-order valence-corrected chi connectivity index (χ1v) is 9.14. The van der Waals surface area contributed by atoms with E-state index in [-0.39, 0.29) is 35.5 Å². The van der Waals surface area contributed by atoms with Crippen LogP contribution in [0.25, 0.3) is 0 Å². The molecule has 28 heavy (non-hydrogen) atoms. The molecule has 5 atom stereocenters. The number of likely N-dealkylation sites (tertiary alicyclic amines) is 1. The van der Waals surface area contributed by atoms with Crippen molar-refractivity contribution in [1.82, 2.24) is 4.90 Å². The second-order valence-corrected chi connectivity index (χ2v) is 7.39. The number of ether oxygens (including phenoxy) is 1. The number of esters is 1. The van der Waals surface area contributed by atoms with Crippen LogP contribution in [-0.2, 0) is 23.9 Å². The zero-order chi connectivity index (χ0) is 20.0. The highest BCUT2D eigenvalue weighted by Gasteiger charge is 2.60. The van der Waals surface area contributed by atoms with Gasteiger partial charge in [0.15, 0.2) is 6.61 Å². The molecule has 1 saturated heterocycles. The number of hydrogen-bond acceptors (Lipinski definition) is 5. The van der Waals surface area contributed by atoms with E-state index in [2.05, 4.69) is 5.32 Å². The Labute approximate surface area is 160 Å². The van der Waals surface area contributed by atoms with E-state index in [1.165, 1.54) is 31.2 Å². The zero-order valence-corrected chi connectivity index (χ0v) is 15.1. The maximum atomic E-state index is 12.9. The Bertz CT molecular complexity index is 851. The van der Waals surface area contributed by atoms with E-state index in [1.807, 2.05) is 12.2 Å². The first kappa shape index (κ1) is 18.3. The van der Waals surface area contributed by atoms with Gasteiger partial charge in [0.25, 0.3) is 5.91 Å². The third-order valence-electron chi connectivity index (χ3n) is 5.71. The van der Waals surface area contributed by atoms with Crippen LogP contribution in [-0.4, -0.2) is 41.2 Å². The molecule has 0 spiro atoms. The van der Waals surface area contributed by atoms with Crippen LogP contribution in [0.1, 0.15) is 13.3 Å². The van der Waals surface area contributed by atoms with Crippen molar-refractivity contribution < 1.29 is 28.3 Å². The van der Waals surface area contributed by atoms with E-state index in [0.29, 0.717) is 5.69 Å². The average molecular weight is 386 g/mol. The van der Waals surface area contributed by atoms with Crippen LogP contribution in [0.15, 0.2) is 36.4 Å². The number of benzene rings is 1. The van der Waals surface area contributed by atoms with Crippen LogP contribution in [0, 0.1) is 29.5 Å². The van der Waals surface area contributed by atoms with Gasteiger partial charge in [0.05, 0.1) is 11.8 Å². The monoisotopic (exact) mass is 386 g/mol. The summed E-state index contributed by atoms with van der Waals surface area (Å²) in [7, 11) is 0. The number of carbonyl (C=O) groups is 4. The van der Waals surface area contributed by atoms with Crippen molar-refractivity contribution in [3.05, 3.63) is 42.2 Å². The van der Waals surface area contributed by atoms with Gasteiger partial charge in [-0.3, -0.25) is 19.3 Å². The quantitative estimate of drug-likeness (QED) is 0.470. The molecular weight excluding hydrogens is 367 g/mol. The number of allylic oxidation sites excluding steroid dienone is 2. The SMILES string of the molecule is C[C@H](C(=O)OCC(=O)Nc1ccc(F)cc1)N1C(=O)[C@@H]2[C@@H](C1=O)[C@H]1C=C[C@H]2C1. The summed E-state index contributed by atoms with van der Waals surface area (Å²) in [4.78, 5) is 50.6. The standard InChI is InChI=1S/C20H19FN2O5/c1-10(20(27)28-9-15(24)22-14-6-4-13(21)5-7-14)23-18(25)16-11-2-3-12(8-11)17(16)19(23)26/h2-7,10-12,16-17H,8-9H2,1H3,(H,22,24)/t10-,11+,12+,16+,17+/m1/s1. The Balaban J connectivity index is 1.34. The summed E-state index contributed by atoms with van der Waals surface area (Å²) in [5.74, 6) is -3.21. The molecule has 146 valence electrons. The molecular formula is C20H19FN2O5. The van der Waals surface area contributed by atoms with Gasteiger partial charge in [-0.05, 0) is 49.4 Å². The van der Waals surface area contributed by atoms with E-state index >= 15 is 0 Å². The molecule has 2 bridgehead atoms. The summed E-state index contributed by atoms with van der Waals surface area (Å²) in [6.07, 6.45) is 4.76. The Hall–Kier alpha value is -3.03. The van der Waals surface area contributed by atoms with E-state index in [4.69, 9.17) is 4.74 Å². The van der Waals surface area contributed by atoms with Gasteiger partial charge in [0.2, 0.25) is 11.8 Å². The highest BCUT2D eigenvalue weighted by atomic mass is 19.1. The van der Waals surface area contributed by atoms with Crippen LogP contribution < -0.4 is 5.32 Å². The van der Waals surface area contributed by atoms with Crippen molar-refractivity contribution >= 4 is 29.4 Å². The Morgan fingerprint density at radius 1 is 1.14 bits per heavy atom. The van der Waals surface area contributed by atoms with Crippen molar-refractivity contribution in [1.29, 1.82) is 0 Å². The Kier molecular flexibility index (Phi) is 4.49. The average Bonchev–Trinajstić information content (AvgIpc) is 3.35. The first-order valence-electron chi connectivity index (χ1n) is 9.14. The lowest BCUT2D eigenvalue weighted by Gasteiger charge is -2.23. The van der Waals surface area contributed by atoms with Crippen LogP contribution >= 0.6 is 0 Å². The lowest BCUT2D eigenvalue weighted by molar-refractivity contribution is -0.159. The smallest absolute Gasteiger partial charge is 0.329 e. The molecule has 1 saturated carbocycles. The molecule has 0 unspecified atom stereocenters. The van der Waals surface area contributed by atoms with Gasteiger partial charge in [0.1, 0.15) is 11.9 Å². The second kappa shape index (κ2) is 6.85. The number of anilines is 1. The number of fused-ring (bicyclic) bond motifs is 5. The minimum atomic E-state index is -1.09. The van der Waals surface area contributed by atoms with Crippen LogP contribution in [0.4, 0.5) is 10.1 Å². The highest BCUT2D eigenvalue weighted by Crippen LogP contribution is 2.52. The molecule has 1 aromatic rings. The largest absolute Gasteiger partial charge is 0.454 e. The summed E-state index contributed by atoms with van der Waals surface area (Å²) in [6, 6.07) is 4.03. The predicted octanol–water partition coefficient (Wildman–Crippen LogP) is 1.50. The minimum absolute atomic E-state index is 0.0566. The van der Waals surface area contributed by atoms with Crippen molar-refractivity contribution in [2.45, 2.75) is 19.4 Å². The molecule has 3 amide bonds. The molecule has 4 rings (SSSR count). The second-order valence-electron chi connectivity index (χ2n) is 7.39. The Morgan fingerprint density at radius 2 is 1.71 bits per heavy atom. The summed E-state index contributed by atoms with van der Waals surface area (Å²) in [5.41, 5.74) is 0.358. The minimum Gasteiger partial charge on any atom is -0.454 e. The number of hydrogen-bond donors (Lipinski definition) is 1. The third kappa shape index (κ3) is 2.98. The summed E-state index contributed by atoms with van der Waals surface area (Å²) < 4.78 is 17.8. The van der Waals surface area contributed by atoms with Gasteiger partial charge in [0, 0.05) is 5.69 Å². The molecule has 2 aliphatic carbocycles. The van der Waals surface area contributed by atoms with E-state index < -0.39 is 30.3 Å². The van der Waals surface area contributed by atoms with Gasteiger partial charge in [-0.2, -0.15) is 0 Å². The van der Waals surface area contributed by atoms with Gasteiger partial charge in [-0.25, -0.2) is 9.18 Å². The molecule has 1 heterocycles. The fraction of sp³-hybridized carbons (Fsp3) is 0.400. The molecule has 8 heteroatoms. The number of carbonyl (C=O) groups excluding carboxylic acids is 4. The maximum Gasteiger partial charge on any atom is 0.329 e. The van der Waals surface area contributed by atoms with Gasteiger partial charge >= 0.3 is 5.97 Å². The molecule has 0 aromatic heterocycles. The highest BCUT2D eigenvalue weighted by molar-refractivity contribution is 6.09. The summed E-state index contributed by atoms with van der Waals surface area (Å²) >= 11 is 0. The van der Waals surface area contributed by atoms with Gasteiger partial charge < -0.3 is 10.1 Å². The van der Waals surface area contributed by atoms with Crippen LogP contribution in [0.2, 0.25) is 0 Å². The third-order valence-corrected chi connectivity index (χ3v) is 5.71. The number of halogens is 1.